The van der Waals surface area contributed by atoms with Gasteiger partial charge < -0.3 is 10.1 Å². The van der Waals surface area contributed by atoms with E-state index in [9.17, 15) is 0 Å². The molecule has 2 heteroatoms. The van der Waals surface area contributed by atoms with Crippen LogP contribution < -0.4 is 5.32 Å². The van der Waals surface area contributed by atoms with Crippen LogP contribution in [0.4, 0.5) is 0 Å². The van der Waals surface area contributed by atoms with E-state index in [4.69, 9.17) is 4.74 Å². The Kier molecular flexibility index (Phi) is 4.37. The monoisotopic (exact) mass is 281 g/mol. The average Bonchev–Trinajstić information content (AvgIpc) is 2.96. The lowest BCUT2D eigenvalue weighted by Crippen LogP contribution is -2.18. The first-order valence-corrected chi connectivity index (χ1v) is 7.77. The van der Waals surface area contributed by atoms with Gasteiger partial charge >= 0.3 is 0 Å². The van der Waals surface area contributed by atoms with Crippen molar-refractivity contribution in [3.05, 3.63) is 70.3 Å². The van der Waals surface area contributed by atoms with Gasteiger partial charge in [-0.05, 0) is 41.3 Å². The van der Waals surface area contributed by atoms with Crippen molar-refractivity contribution < 1.29 is 4.74 Å². The van der Waals surface area contributed by atoms with Crippen LogP contribution in [0.25, 0.3) is 0 Å². The van der Waals surface area contributed by atoms with Gasteiger partial charge in [0.05, 0.1) is 19.3 Å². The van der Waals surface area contributed by atoms with Crippen LogP contribution in [-0.2, 0) is 24.4 Å². The average molecular weight is 281 g/mol. The minimum Gasteiger partial charge on any atom is -0.372 e. The number of hydrogen-bond acceptors (Lipinski definition) is 2. The molecule has 0 spiro atoms. The summed E-state index contributed by atoms with van der Waals surface area (Å²) >= 11 is 0. The summed E-state index contributed by atoms with van der Waals surface area (Å²) in [4.78, 5) is 0. The van der Waals surface area contributed by atoms with E-state index in [1.54, 1.807) is 0 Å². The van der Waals surface area contributed by atoms with Crippen LogP contribution in [-0.4, -0.2) is 7.05 Å². The molecule has 0 bridgehead atoms. The Morgan fingerprint density at radius 1 is 1.05 bits per heavy atom. The molecule has 0 fully saturated rings. The molecule has 0 saturated heterocycles. The molecular weight excluding hydrogens is 258 g/mol. The number of rotatable bonds is 5. The Morgan fingerprint density at radius 2 is 1.86 bits per heavy atom. The van der Waals surface area contributed by atoms with Crippen molar-refractivity contribution in [1.82, 2.24) is 5.32 Å². The van der Waals surface area contributed by atoms with Gasteiger partial charge in [-0.1, -0.05) is 55.8 Å². The van der Waals surface area contributed by atoms with Crippen molar-refractivity contribution in [3.63, 3.8) is 0 Å². The van der Waals surface area contributed by atoms with Crippen molar-refractivity contribution in [1.29, 1.82) is 0 Å². The second-order valence-electron chi connectivity index (χ2n) is 5.74. The summed E-state index contributed by atoms with van der Waals surface area (Å²) in [5.74, 6) is 0. The van der Waals surface area contributed by atoms with E-state index in [2.05, 4.69) is 54.7 Å². The first-order valence-electron chi connectivity index (χ1n) is 7.77. The predicted molar refractivity (Wildman–Crippen MR) is 86.3 cm³/mol. The quantitative estimate of drug-likeness (QED) is 0.895. The number of fused-ring (bicyclic) bond motifs is 1. The molecule has 2 nitrogen and oxygen atoms in total. The van der Waals surface area contributed by atoms with E-state index in [1.807, 2.05) is 7.05 Å². The van der Waals surface area contributed by atoms with Crippen LogP contribution in [0.1, 0.15) is 47.2 Å². The fraction of sp³-hybridized carbons (Fsp3) is 0.368. The summed E-state index contributed by atoms with van der Waals surface area (Å²) in [5, 5.41) is 3.45. The molecule has 0 saturated carbocycles. The Balaban J connectivity index is 1.92. The molecule has 1 atom stereocenters. The first-order chi connectivity index (χ1) is 10.3. The zero-order chi connectivity index (χ0) is 14.7. The van der Waals surface area contributed by atoms with Gasteiger partial charge in [0, 0.05) is 0 Å². The third kappa shape index (κ3) is 3.02. The molecule has 0 aliphatic carbocycles. The fourth-order valence-corrected chi connectivity index (χ4v) is 3.11. The van der Waals surface area contributed by atoms with E-state index in [0.29, 0.717) is 0 Å². The van der Waals surface area contributed by atoms with E-state index < -0.39 is 0 Å². The van der Waals surface area contributed by atoms with Crippen LogP contribution in [0.3, 0.4) is 0 Å². The molecule has 1 aliphatic rings. The third-order valence-electron chi connectivity index (χ3n) is 4.19. The molecule has 2 aromatic rings. The summed E-state index contributed by atoms with van der Waals surface area (Å²) in [6, 6.07) is 15.9. The van der Waals surface area contributed by atoms with Gasteiger partial charge in [-0.2, -0.15) is 0 Å². The molecule has 3 rings (SSSR count). The van der Waals surface area contributed by atoms with Gasteiger partial charge in [-0.25, -0.2) is 0 Å². The summed E-state index contributed by atoms with van der Waals surface area (Å²) in [7, 11) is 2.03. The maximum Gasteiger partial charge on any atom is 0.0725 e. The Morgan fingerprint density at radius 3 is 2.67 bits per heavy atom. The zero-order valence-electron chi connectivity index (χ0n) is 12.9. The summed E-state index contributed by atoms with van der Waals surface area (Å²) < 4.78 is 5.52. The van der Waals surface area contributed by atoms with Crippen molar-refractivity contribution in [2.75, 3.05) is 7.05 Å². The van der Waals surface area contributed by atoms with Crippen molar-refractivity contribution in [2.45, 2.75) is 39.0 Å². The number of benzene rings is 2. The third-order valence-corrected chi connectivity index (χ3v) is 4.19. The topological polar surface area (TPSA) is 21.3 Å². The lowest BCUT2D eigenvalue weighted by Gasteiger charge is -2.19. The van der Waals surface area contributed by atoms with Gasteiger partial charge in [0.1, 0.15) is 0 Å². The van der Waals surface area contributed by atoms with E-state index in [1.165, 1.54) is 34.2 Å². The lowest BCUT2D eigenvalue weighted by atomic mass is 9.94. The number of hydrogen-bond donors (Lipinski definition) is 1. The summed E-state index contributed by atoms with van der Waals surface area (Å²) in [6.07, 6.45) is 2.33. The molecule has 0 radical (unpaired) electrons. The molecule has 0 amide bonds. The second kappa shape index (κ2) is 6.42. The van der Waals surface area contributed by atoms with Crippen LogP contribution in [0, 0.1) is 0 Å². The lowest BCUT2D eigenvalue weighted by molar-refractivity contribution is 0.134. The number of nitrogens with one attached hydrogen (secondary N) is 1. The minimum absolute atomic E-state index is 0.243. The maximum absolute atomic E-state index is 5.52. The highest BCUT2D eigenvalue weighted by Crippen LogP contribution is 2.28. The van der Waals surface area contributed by atoms with Crippen molar-refractivity contribution in [3.8, 4) is 0 Å². The summed E-state index contributed by atoms with van der Waals surface area (Å²) in [6.45, 7) is 3.73. The van der Waals surface area contributed by atoms with Crippen molar-refractivity contribution >= 4 is 0 Å². The molecule has 1 unspecified atom stereocenters. The Hall–Kier alpha value is -1.64. The van der Waals surface area contributed by atoms with Crippen LogP contribution in [0.15, 0.2) is 42.5 Å². The van der Waals surface area contributed by atoms with Gasteiger partial charge in [0.2, 0.25) is 0 Å². The summed E-state index contributed by atoms with van der Waals surface area (Å²) in [5.41, 5.74) is 6.73. The fourth-order valence-electron chi connectivity index (χ4n) is 3.11. The SMILES string of the molecule is CCCc1cccc(C(NC)c2ccc3c(c2)COC3)c1. The standard InChI is InChI=1S/C19H23NO/c1-3-5-14-6-4-7-15(10-14)19(20-2)16-8-9-17-12-21-13-18(17)11-16/h4,6-11,19-20H,3,5,12-13H2,1-2H3. The molecule has 1 heterocycles. The first kappa shape index (κ1) is 14.3. The normalized spacial score (nSPS) is 15.0. The molecule has 1 aliphatic heterocycles. The van der Waals surface area contributed by atoms with Gasteiger partial charge in [0.15, 0.2) is 0 Å². The second-order valence-corrected chi connectivity index (χ2v) is 5.74. The zero-order valence-corrected chi connectivity index (χ0v) is 12.9. The largest absolute Gasteiger partial charge is 0.372 e. The van der Waals surface area contributed by atoms with Gasteiger partial charge in [-0.15, -0.1) is 0 Å². The molecule has 110 valence electrons. The van der Waals surface area contributed by atoms with Gasteiger partial charge in [0.25, 0.3) is 0 Å². The van der Waals surface area contributed by atoms with Crippen LogP contribution in [0.2, 0.25) is 0 Å². The highest BCUT2D eigenvalue weighted by Gasteiger charge is 2.17. The van der Waals surface area contributed by atoms with Crippen LogP contribution >= 0.6 is 0 Å². The molecule has 21 heavy (non-hydrogen) atoms. The number of aryl methyl sites for hydroxylation is 1. The van der Waals surface area contributed by atoms with E-state index in [0.717, 1.165) is 19.6 Å². The van der Waals surface area contributed by atoms with Crippen molar-refractivity contribution in [2.24, 2.45) is 0 Å². The highest BCUT2D eigenvalue weighted by molar-refractivity contribution is 5.39. The molecular formula is C19H23NO. The van der Waals surface area contributed by atoms with E-state index >= 15 is 0 Å². The highest BCUT2D eigenvalue weighted by atomic mass is 16.5. The Labute approximate surface area is 127 Å². The molecule has 2 aromatic carbocycles. The molecule has 0 aromatic heterocycles. The van der Waals surface area contributed by atoms with Crippen LogP contribution in [0.5, 0.6) is 0 Å². The predicted octanol–water partition coefficient (Wildman–Crippen LogP) is 3.98. The smallest absolute Gasteiger partial charge is 0.0725 e. The minimum atomic E-state index is 0.243. The van der Waals surface area contributed by atoms with Gasteiger partial charge in [-0.3, -0.25) is 0 Å². The maximum atomic E-state index is 5.52. The van der Waals surface area contributed by atoms with E-state index in [-0.39, 0.29) is 6.04 Å². The number of ether oxygens (including phenoxy) is 1. The Bertz CT molecular complexity index is 621. The molecule has 1 N–H and O–H groups in total.